The molecule has 0 aromatic heterocycles. The molecule has 0 radical (unpaired) electrons. The summed E-state index contributed by atoms with van der Waals surface area (Å²) in [5.41, 5.74) is 0. The van der Waals surface area contributed by atoms with Crippen molar-refractivity contribution in [1.29, 1.82) is 0 Å². The largest absolute Gasteiger partial charge is 0.393 e. The van der Waals surface area contributed by atoms with Gasteiger partial charge in [0.05, 0.1) is 0 Å². The summed E-state index contributed by atoms with van der Waals surface area (Å²) in [7, 11) is 0. The van der Waals surface area contributed by atoms with E-state index in [0.29, 0.717) is 6.42 Å². The molecule has 28 heavy (non-hydrogen) atoms. The van der Waals surface area contributed by atoms with Gasteiger partial charge in [-0.05, 0) is 6.42 Å². The molecule has 0 saturated carbocycles. The molecule has 0 amide bonds. The summed E-state index contributed by atoms with van der Waals surface area (Å²) in [6.45, 7) is 3.98. The van der Waals surface area contributed by atoms with Crippen LogP contribution in [-0.2, 0) is 14.3 Å². The molecule has 166 valence electrons. The maximum Gasteiger partial charge on any atom is 0.313 e. The molecule has 0 spiro atoms. The van der Waals surface area contributed by atoms with Gasteiger partial charge in [-0.2, -0.15) is 0 Å². The van der Waals surface area contributed by atoms with Crippen molar-refractivity contribution in [3.8, 4) is 0 Å². The first-order chi connectivity index (χ1) is 13.7. The van der Waals surface area contributed by atoms with Crippen molar-refractivity contribution in [1.82, 2.24) is 0 Å². The number of ether oxygens (including phenoxy) is 1. The Bertz CT molecular complexity index is 352. The third-order valence-corrected chi connectivity index (χ3v) is 5.50. The van der Waals surface area contributed by atoms with Crippen LogP contribution in [0.2, 0.25) is 0 Å². The quantitative estimate of drug-likeness (QED) is 0.111. The highest BCUT2D eigenvalue weighted by molar-refractivity contribution is 5.85. The highest BCUT2D eigenvalue weighted by atomic mass is 16.6. The monoisotopic (exact) mass is 396 g/mol. The molecular weight excluding hydrogens is 348 g/mol. The highest BCUT2D eigenvalue weighted by Gasteiger charge is 2.07. The first-order valence-corrected chi connectivity index (χ1v) is 12.4. The fourth-order valence-electron chi connectivity index (χ4n) is 3.60. The molecule has 0 rings (SSSR count). The van der Waals surface area contributed by atoms with Gasteiger partial charge >= 0.3 is 11.9 Å². The lowest BCUT2D eigenvalue weighted by molar-refractivity contribution is -0.159. The molecule has 0 saturated heterocycles. The fourth-order valence-corrected chi connectivity index (χ4v) is 3.60. The zero-order valence-electron chi connectivity index (χ0n) is 19.1. The van der Waals surface area contributed by atoms with Gasteiger partial charge in [0.25, 0.3) is 0 Å². The molecule has 0 bridgehead atoms. The normalized spacial score (nSPS) is 10.9. The van der Waals surface area contributed by atoms with Gasteiger partial charge in [0.2, 0.25) is 0 Å². The summed E-state index contributed by atoms with van der Waals surface area (Å²) in [5, 5.41) is 0. The van der Waals surface area contributed by atoms with E-state index in [4.69, 9.17) is 0 Å². The minimum Gasteiger partial charge on any atom is -0.393 e. The van der Waals surface area contributed by atoms with Crippen LogP contribution in [0.3, 0.4) is 0 Å². The van der Waals surface area contributed by atoms with E-state index in [1.165, 1.54) is 109 Å². The average Bonchev–Trinajstić information content (AvgIpc) is 2.69. The number of esters is 2. The Morgan fingerprint density at radius 1 is 0.464 bits per heavy atom. The van der Waals surface area contributed by atoms with E-state index >= 15 is 0 Å². The minimum atomic E-state index is -0.414. The van der Waals surface area contributed by atoms with Crippen LogP contribution < -0.4 is 0 Å². The topological polar surface area (TPSA) is 43.4 Å². The third kappa shape index (κ3) is 21.4. The van der Waals surface area contributed by atoms with Gasteiger partial charge in [0.15, 0.2) is 0 Å². The molecule has 0 unspecified atom stereocenters. The third-order valence-electron chi connectivity index (χ3n) is 5.50. The van der Waals surface area contributed by atoms with Gasteiger partial charge in [0.1, 0.15) is 0 Å². The SMILES string of the molecule is CCCCCCCCCCCCCCCCCCCCCC(=O)OC(=O)CC. The molecule has 0 aromatic rings. The molecule has 0 heterocycles. The van der Waals surface area contributed by atoms with E-state index in [1.807, 2.05) is 0 Å². The summed E-state index contributed by atoms with van der Waals surface area (Å²) in [4.78, 5) is 22.3. The first-order valence-electron chi connectivity index (χ1n) is 12.4. The Labute approximate surface area is 175 Å². The van der Waals surface area contributed by atoms with E-state index < -0.39 is 5.97 Å². The Morgan fingerprint density at radius 2 is 0.786 bits per heavy atom. The van der Waals surface area contributed by atoms with Gasteiger partial charge in [-0.1, -0.05) is 129 Å². The summed E-state index contributed by atoms with van der Waals surface area (Å²) < 4.78 is 4.66. The molecule has 3 nitrogen and oxygen atoms in total. The summed E-state index contributed by atoms with van der Waals surface area (Å²) >= 11 is 0. The van der Waals surface area contributed by atoms with Crippen LogP contribution >= 0.6 is 0 Å². The zero-order chi connectivity index (χ0) is 20.7. The number of rotatable bonds is 21. The summed E-state index contributed by atoms with van der Waals surface area (Å²) in [6.07, 6.45) is 26.1. The first kappa shape index (κ1) is 27.1. The molecule has 3 heteroatoms. The highest BCUT2D eigenvalue weighted by Crippen LogP contribution is 2.14. The maximum absolute atomic E-state index is 11.4. The van der Waals surface area contributed by atoms with Crippen LogP contribution in [0.1, 0.15) is 149 Å². The second-order valence-corrected chi connectivity index (χ2v) is 8.31. The zero-order valence-corrected chi connectivity index (χ0v) is 19.1. The van der Waals surface area contributed by atoms with Crippen molar-refractivity contribution >= 4 is 11.9 Å². The predicted octanol–water partition coefficient (Wildman–Crippen LogP) is 8.29. The van der Waals surface area contributed by atoms with Crippen LogP contribution in [0.15, 0.2) is 0 Å². The molecule has 0 aromatic carbocycles. The Morgan fingerprint density at radius 3 is 1.11 bits per heavy atom. The van der Waals surface area contributed by atoms with Crippen LogP contribution in [0.5, 0.6) is 0 Å². The van der Waals surface area contributed by atoms with Crippen molar-refractivity contribution in [2.45, 2.75) is 149 Å². The maximum atomic E-state index is 11.4. The predicted molar refractivity (Wildman–Crippen MR) is 119 cm³/mol. The molecule has 0 aliphatic carbocycles. The molecule has 0 aliphatic heterocycles. The van der Waals surface area contributed by atoms with Gasteiger partial charge in [-0.25, -0.2) is 0 Å². The minimum absolute atomic E-state index is 0.269. The van der Waals surface area contributed by atoms with E-state index in [9.17, 15) is 9.59 Å². The molecule has 0 atom stereocenters. The van der Waals surface area contributed by atoms with Crippen molar-refractivity contribution < 1.29 is 14.3 Å². The number of hydrogen-bond donors (Lipinski definition) is 0. The van der Waals surface area contributed by atoms with Crippen LogP contribution in [0.25, 0.3) is 0 Å². The van der Waals surface area contributed by atoms with Crippen molar-refractivity contribution in [2.75, 3.05) is 0 Å². The van der Waals surface area contributed by atoms with Crippen LogP contribution in [0, 0.1) is 0 Å². The number of carbonyl (C=O) groups is 2. The van der Waals surface area contributed by atoms with Crippen molar-refractivity contribution in [2.24, 2.45) is 0 Å². The number of carbonyl (C=O) groups excluding carboxylic acids is 2. The average molecular weight is 397 g/mol. The second kappa shape index (κ2) is 22.4. The molecule has 0 aliphatic rings. The lowest BCUT2D eigenvalue weighted by Crippen LogP contribution is -2.10. The number of unbranched alkanes of at least 4 members (excludes halogenated alkanes) is 18. The molecule has 0 N–H and O–H groups in total. The lowest BCUT2D eigenvalue weighted by Gasteiger charge is -2.04. The van der Waals surface area contributed by atoms with Crippen molar-refractivity contribution in [3.63, 3.8) is 0 Å². The second-order valence-electron chi connectivity index (χ2n) is 8.31. The molecule has 0 fully saturated rings. The van der Waals surface area contributed by atoms with Crippen molar-refractivity contribution in [3.05, 3.63) is 0 Å². The van der Waals surface area contributed by atoms with Crippen LogP contribution in [-0.4, -0.2) is 11.9 Å². The summed E-state index contributed by atoms with van der Waals surface area (Å²) in [6, 6.07) is 0. The number of hydrogen-bond acceptors (Lipinski definition) is 3. The van der Waals surface area contributed by atoms with E-state index in [-0.39, 0.29) is 12.4 Å². The Hall–Kier alpha value is -0.860. The van der Waals surface area contributed by atoms with E-state index in [0.717, 1.165) is 12.8 Å². The lowest BCUT2D eigenvalue weighted by atomic mass is 10.0. The fraction of sp³-hybridized carbons (Fsp3) is 0.920. The Balaban J connectivity index is 3.10. The standard InChI is InChI=1S/C25H48O3/c1-3-5-6-7-8-9-10-11-12-13-14-15-16-17-18-19-20-21-22-23-25(27)28-24(26)4-2/h3-23H2,1-2H3. The van der Waals surface area contributed by atoms with E-state index in [1.54, 1.807) is 6.92 Å². The van der Waals surface area contributed by atoms with Gasteiger partial charge in [-0.3, -0.25) is 9.59 Å². The van der Waals surface area contributed by atoms with Gasteiger partial charge < -0.3 is 4.74 Å². The Kier molecular flexibility index (Phi) is 21.7. The van der Waals surface area contributed by atoms with Gasteiger partial charge in [-0.15, -0.1) is 0 Å². The van der Waals surface area contributed by atoms with Gasteiger partial charge in [0, 0.05) is 12.8 Å². The van der Waals surface area contributed by atoms with Crippen LogP contribution in [0.4, 0.5) is 0 Å². The smallest absolute Gasteiger partial charge is 0.313 e. The summed E-state index contributed by atoms with van der Waals surface area (Å²) in [5.74, 6) is -0.776. The van der Waals surface area contributed by atoms with E-state index in [2.05, 4.69) is 11.7 Å². The molecular formula is C25H48O3.